The summed E-state index contributed by atoms with van der Waals surface area (Å²) in [5.74, 6) is 3.45. The predicted molar refractivity (Wildman–Crippen MR) is 64.9 cm³/mol. The number of rotatable bonds is 8. The molecule has 0 aromatic rings. The first kappa shape index (κ1) is 10.8. The number of thioether (sulfide) groups is 1. The summed E-state index contributed by atoms with van der Waals surface area (Å²) in [5.41, 5.74) is 0. The van der Waals surface area contributed by atoms with Crippen molar-refractivity contribution in [3.8, 4) is 0 Å². The number of unbranched alkanes of at least 4 members (excludes halogenated alkanes) is 1. The van der Waals surface area contributed by atoms with Crippen LogP contribution >= 0.6 is 11.8 Å². The molecule has 2 aliphatic rings. The van der Waals surface area contributed by atoms with Crippen LogP contribution < -0.4 is 5.32 Å². The molecule has 0 amide bonds. The first-order valence-corrected chi connectivity index (χ1v) is 7.53. The first-order chi connectivity index (χ1) is 6.92. The lowest BCUT2D eigenvalue weighted by molar-refractivity contribution is 0.414. The van der Waals surface area contributed by atoms with Gasteiger partial charge in [0.05, 0.1) is 0 Å². The van der Waals surface area contributed by atoms with E-state index in [1.807, 2.05) is 11.8 Å². The minimum absolute atomic E-state index is 0.907. The molecule has 0 aromatic heterocycles. The van der Waals surface area contributed by atoms with E-state index in [9.17, 15) is 0 Å². The largest absolute Gasteiger partial charge is 0.313 e. The van der Waals surface area contributed by atoms with Gasteiger partial charge in [-0.1, -0.05) is 0 Å². The highest BCUT2D eigenvalue weighted by atomic mass is 32.2. The standard InChI is InChI=1S/C12H23NS/c1-14-9-3-2-8-13-12(10-4-5-10)11-6-7-11/h10-13H,2-9H2,1H3. The Balaban J connectivity index is 1.53. The average molecular weight is 213 g/mol. The molecule has 1 N–H and O–H groups in total. The molecular formula is C12H23NS. The van der Waals surface area contributed by atoms with Crippen LogP contribution in [0.25, 0.3) is 0 Å². The summed E-state index contributed by atoms with van der Waals surface area (Å²) in [4.78, 5) is 0. The Morgan fingerprint density at radius 2 is 1.79 bits per heavy atom. The van der Waals surface area contributed by atoms with E-state index in [-0.39, 0.29) is 0 Å². The molecule has 0 aromatic carbocycles. The van der Waals surface area contributed by atoms with E-state index in [1.165, 1.54) is 50.8 Å². The molecule has 2 aliphatic carbocycles. The molecule has 0 atom stereocenters. The summed E-state index contributed by atoms with van der Waals surface area (Å²) in [6.45, 7) is 1.26. The van der Waals surface area contributed by atoms with Crippen LogP contribution in [0.3, 0.4) is 0 Å². The summed E-state index contributed by atoms with van der Waals surface area (Å²) in [7, 11) is 0. The molecule has 0 aliphatic heterocycles. The normalized spacial score (nSPS) is 21.9. The highest BCUT2D eigenvalue weighted by Gasteiger charge is 2.40. The van der Waals surface area contributed by atoms with Crippen molar-refractivity contribution in [2.75, 3.05) is 18.6 Å². The second-order valence-electron chi connectivity index (χ2n) is 4.85. The monoisotopic (exact) mass is 213 g/mol. The Kier molecular flexibility index (Phi) is 4.18. The zero-order valence-electron chi connectivity index (χ0n) is 9.30. The molecule has 0 spiro atoms. The molecule has 82 valence electrons. The van der Waals surface area contributed by atoms with Crippen LogP contribution in [0.2, 0.25) is 0 Å². The first-order valence-electron chi connectivity index (χ1n) is 6.14. The van der Waals surface area contributed by atoms with Crippen LogP contribution in [0.1, 0.15) is 38.5 Å². The van der Waals surface area contributed by atoms with Crippen molar-refractivity contribution in [2.45, 2.75) is 44.6 Å². The highest BCUT2D eigenvalue weighted by Crippen LogP contribution is 2.44. The minimum Gasteiger partial charge on any atom is -0.313 e. The lowest BCUT2D eigenvalue weighted by atomic mass is 10.1. The van der Waals surface area contributed by atoms with Crippen molar-refractivity contribution in [1.29, 1.82) is 0 Å². The molecule has 2 saturated carbocycles. The van der Waals surface area contributed by atoms with Gasteiger partial charge >= 0.3 is 0 Å². The third kappa shape index (κ3) is 3.47. The second-order valence-corrected chi connectivity index (χ2v) is 5.84. The fourth-order valence-electron chi connectivity index (χ4n) is 2.27. The van der Waals surface area contributed by atoms with Gasteiger partial charge in [0.15, 0.2) is 0 Å². The van der Waals surface area contributed by atoms with Gasteiger partial charge in [-0.15, -0.1) is 0 Å². The van der Waals surface area contributed by atoms with E-state index < -0.39 is 0 Å². The van der Waals surface area contributed by atoms with Gasteiger partial charge in [-0.2, -0.15) is 11.8 Å². The zero-order valence-corrected chi connectivity index (χ0v) is 10.1. The third-order valence-electron chi connectivity index (χ3n) is 3.42. The smallest absolute Gasteiger partial charge is 0.0124 e. The zero-order chi connectivity index (χ0) is 9.80. The molecule has 2 heteroatoms. The molecule has 0 bridgehead atoms. The lowest BCUT2D eigenvalue weighted by Crippen LogP contribution is -2.33. The van der Waals surface area contributed by atoms with Crippen LogP contribution in [0, 0.1) is 11.8 Å². The molecule has 0 heterocycles. The quantitative estimate of drug-likeness (QED) is 0.622. The number of hydrogen-bond donors (Lipinski definition) is 1. The molecule has 0 saturated heterocycles. The minimum atomic E-state index is 0.907. The highest BCUT2D eigenvalue weighted by molar-refractivity contribution is 7.98. The average Bonchev–Trinajstić information content (AvgIpc) is 3.03. The van der Waals surface area contributed by atoms with Crippen LogP contribution in [0.4, 0.5) is 0 Å². The summed E-state index contributed by atoms with van der Waals surface area (Å²) in [6, 6.07) is 0.907. The van der Waals surface area contributed by atoms with E-state index in [1.54, 1.807) is 0 Å². The van der Waals surface area contributed by atoms with Gasteiger partial charge < -0.3 is 5.32 Å². The molecule has 0 radical (unpaired) electrons. The summed E-state index contributed by atoms with van der Waals surface area (Å²) in [5, 5.41) is 3.79. The summed E-state index contributed by atoms with van der Waals surface area (Å²) < 4.78 is 0. The molecule has 2 fully saturated rings. The topological polar surface area (TPSA) is 12.0 Å². The molecule has 2 rings (SSSR count). The Morgan fingerprint density at radius 3 is 2.29 bits per heavy atom. The van der Waals surface area contributed by atoms with Gasteiger partial charge in [0.2, 0.25) is 0 Å². The van der Waals surface area contributed by atoms with E-state index in [2.05, 4.69) is 11.6 Å². The Labute approximate surface area is 92.4 Å². The predicted octanol–water partition coefficient (Wildman–Crippen LogP) is 2.91. The summed E-state index contributed by atoms with van der Waals surface area (Å²) >= 11 is 1.97. The van der Waals surface area contributed by atoms with Crippen LogP contribution in [-0.2, 0) is 0 Å². The van der Waals surface area contributed by atoms with Gasteiger partial charge in [-0.25, -0.2) is 0 Å². The number of hydrogen-bond acceptors (Lipinski definition) is 2. The van der Waals surface area contributed by atoms with Gasteiger partial charge in [-0.3, -0.25) is 0 Å². The van der Waals surface area contributed by atoms with Crippen molar-refractivity contribution in [2.24, 2.45) is 11.8 Å². The van der Waals surface area contributed by atoms with E-state index in [4.69, 9.17) is 0 Å². The van der Waals surface area contributed by atoms with E-state index in [0.717, 1.165) is 17.9 Å². The van der Waals surface area contributed by atoms with Crippen LogP contribution in [-0.4, -0.2) is 24.6 Å². The van der Waals surface area contributed by atoms with Crippen molar-refractivity contribution >= 4 is 11.8 Å². The molecule has 1 nitrogen and oxygen atoms in total. The van der Waals surface area contributed by atoms with Crippen molar-refractivity contribution in [3.05, 3.63) is 0 Å². The van der Waals surface area contributed by atoms with Crippen LogP contribution in [0.15, 0.2) is 0 Å². The van der Waals surface area contributed by atoms with Gasteiger partial charge in [0, 0.05) is 6.04 Å². The maximum Gasteiger partial charge on any atom is 0.0124 e. The Hall–Kier alpha value is 0.310. The number of nitrogens with one attached hydrogen (secondary N) is 1. The van der Waals surface area contributed by atoms with Crippen molar-refractivity contribution < 1.29 is 0 Å². The van der Waals surface area contributed by atoms with Gasteiger partial charge in [-0.05, 0) is 68.9 Å². The maximum atomic E-state index is 3.79. The fourth-order valence-corrected chi connectivity index (χ4v) is 2.76. The van der Waals surface area contributed by atoms with Gasteiger partial charge in [0.25, 0.3) is 0 Å². The SMILES string of the molecule is CSCCCCNC(C1CC1)C1CC1. The van der Waals surface area contributed by atoms with Crippen LogP contribution in [0.5, 0.6) is 0 Å². The Bertz CT molecular complexity index is 152. The maximum absolute atomic E-state index is 3.79. The fraction of sp³-hybridized carbons (Fsp3) is 1.00. The molecule has 0 unspecified atom stereocenters. The second kappa shape index (κ2) is 5.41. The third-order valence-corrected chi connectivity index (χ3v) is 4.11. The molecular weight excluding hydrogens is 190 g/mol. The van der Waals surface area contributed by atoms with Gasteiger partial charge in [0.1, 0.15) is 0 Å². The Morgan fingerprint density at radius 1 is 1.14 bits per heavy atom. The van der Waals surface area contributed by atoms with Crippen molar-refractivity contribution in [3.63, 3.8) is 0 Å². The lowest BCUT2D eigenvalue weighted by Gasteiger charge is -2.17. The van der Waals surface area contributed by atoms with Crippen molar-refractivity contribution in [1.82, 2.24) is 5.32 Å². The molecule has 14 heavy (non-hydrogen) atoms. The summed E-state index contributed by atoms with van der Waals surface area (Å²) in [6.07, 6.45) is 11.0. The van der Waals surface area contributed by atoms with E-state index in [0.29, 0.717) is 0 Å². The van der Waals surface area contributed by atoms with E-state index >= 15 is 0 Å².